The van der Waals surface area contributed by atoms with E-state index in [4.69, 9.17) is 5.11 Å². The zero-order chi connectivity index (χ0) is 19.6. The maximum atomic E-state index is 11.4. The molecule has 0 saturated heterocycles. The molecule has 0 spiro atoms. The van der Waals surface area contributed by atoms with Gasteiger partial charge < -0.3 is 20.1 Å². The second-order valence-corrected chi connectivity index (χ2v) is 7.14. The van der Waals surface area contributed by atoms with Gasteiger partial charge in [0.05, 0.1) is 6.10 Å². The third-order valence-corrected chi connectivity index (χ3v) is 4.38. The van der Waals surface area contributed by atoms with Crippen LogP contribution in [0.25, 0.3) is 0 Å². The third-order valence-electron chi connectivity index (χ3n) is 4.38. The highest BCUT2D eigenvalue weighted by Gasteiger charge is 2.15. The molecule has 0 fully saturated rings. The maximum absolute atomic E-state index is 11.4. The van der Waals surface area contributed by atoms with Gasteiger partial charge in [0.25, 0.3) is 0 Å². The SMILES string of the molecule is CCCCCCC(O)C/C=C\CCCCCCCC(=O)OC(O)C(C)O. The van der Waals surface area contributed by atoms with Crippen LogP contribution in [-0.2, 0) is 9.53 Å². The fourth-order valence-electron chi connectivity index (χ4n) is 2.65. The van der Waals surface area contributed by atoms with E-state index in [1.165, 1.54) is 26.2 Å². The van der Waals surface area contributed by atoms with Gasteiger partial charge in [-0.2, -0.15) is 0 Å². The van der Waals surface area contributed by atoms with Crippen LogP contribution in [0, 0.1) is 0 Å². The topological polar surface area (TPSA) is 87.0 Å². The molecule has 0 radical (unpaired) electrons. The van der Waals surface area contributed by atoms with E-state index in [1.54, 1.807) is 0 Å². The molecule has 26 heavy (non-hydrogen) atoms. The second-order valence-electron chi connectivity index (χ2n) is 7.14. The molecule has 3 unspecified atom stereocenters. The van der Waals surface area contributed by atoms with Crippen LogP contribution in [0.5, 0.6) is 0 Å². The first-order chi connectivity index (χ1) is 12.5. The monoisotopic (exact) mass is 372 g/mol. The Hall–Kier alpha value is -0.910. The van der Waals surface area contributed by atoms with Crippen molar-refractivity contribution in [2.24, 2.45) is 0 Å². The van der Waals surface area contributed by atoms with Gasteiger partial charge in [-0.1, -0.05) is 64.0 Å². The van der Waals surface area contributed by atoms with Crippen LogP contribution in [-0.4, -0.2) is 39.8 Å². The molecule has 0 heterocycles. The number of carbonyl (C=O) groups excluding carboxylic acids is 1. The van der Waals surface area contributed by atoms with Gasteiger partial charge in [-0.15, -0.1) is 0 Å². The summed E-state index contributed by atoms with van der Waals surface area (Å²) < 4.78 is 4.68. The van der Waals surface area contributed by atoms with Gasteiger partial charge in [0.15, 0.2) is 0 Å². The minimum atomic E-state index is -1.43. The summed E-state index contributed by atoms with van der Waals surface area (Å²) >= 11 is 0. The van der Waals surface area contributed by atoms with Crippen molar-refractivity contribution in [3.05, 3.63) is 12.2 Å². The first kappa shape index (κ1) is 25.1. The Morgan fingerprint density at radius 3 is 2.27 bits per heavy atom. The standard InChI is InChI=1S/C21H40O5/c1-3-4-5-12-15-19(23)16-13-10-8-6-7-9-11-14-17-20(24)26-21(25)18(2)22/h10,13,18-19,21-23,25H,3-9,11-12,14-17H2,1-2H3/b13-10-. The number of allylic oxidation sites excluding steroid dienone is 1. The molecule has 3 atom stereocenters. The van der Waals surface area contributed by atoms with Crippen molar-refractivity contribution in [1.29, 1.82) is 0 Å². The highest BCUT2D eigenvalue weighted by atomic mass is 16.6. The second kappa shape index (κ2) is 17.5. The van der Waals surface area contributed by atoms with Crippen molar-refractivity contribution in [3.8, 4) is 0 Å². The van der Waals surface area contributed by atoms with Gasteiger partial charge in [-0.25, -0.2) is 0 Å². The number of ether oxygens (including phenoxy) is 1. The predicted molar refractivity (Wildman–Crippen MR) is 105 cm³/mol. The molecule has 5 nitrogen and oxygen atoms in total. The molecule has 3 N–H and O–H groups in total. The molecular formula is C21H40O5. The predicted octanol–water partition coefficient (Wildman–Crippen LogP) is 4.24. The Morgan fingerprint density at radius 1 is 0.923 bits per heavy atom. The van der Waals surface area contributed by atoms with Crippen LogP contribution >= 0.6 is 0 Å². The molecule has 0 bridgehead atoms. The zero-order valence-electron chi connectivity index (χ0n) is 16.7. The molecule has 0 aromatic carbocycles. The fourth-order valence-corrected chi connectivity index (χ4v) is 2.65. The summed E-state index contributed by atoms with van der Waals surface area (Å²) in [5.74, 6) is -0.463. The lowest BCUT2D eigenvalue weighted by atomic mass is 10.1. The average molecular weight is 373 g/mol. The molecular weight excluding hydrogens is 332 g/mol. The number of hydrogen-bond donors (Lipinski definition) is 3. The molecule has 5 heteroatoms. The van der Waals surface area contributed by atoms with Gasteiger partial charge in [0.2, 0.25) is 6.29 Å². The molecule has 0 amide bonds. The normalized spacial score (nSPS) is 15.1. The summed E-state index contributed by atoms with van der Waals surface area (Å²) in [6.45, 7) is 3.57. The van der Waals surface area contributed by atoms with Crippen molar-refractivity contribution in [3.63, 3.8) is 0 Å². The molecule has 0 rings (SSSR count). The van der Waals surface area contributed by atoms with Crippen LogP contribution in [0.3, 0.4) is 0 Å². The minimum absolute atomic E-state index is 0.199. The van der Waals surface area contributed by atoms with Gasteiger partial charge >= 0.3 is 5.97 Å². The first-order valence-electron chi connectivity index (χ1n) is 10.4. The van der Waals surface area contributed by atoms with E-state index in [9.17, 15) is 15.0 Å². The summed E-state index contributed by atoms with van der Waals surface area (Å²) in [6, 6.07) is 0. The Kier molecular flexibility index (Phi) is 16.9. The average Bonchev–Trinajstić information content (AvgIpc) is 2.60. The lowest BCUT2D eigenvalue weighted by molar-refractivity contribution is -0.184. The lowest BCUT2D eigenvalue weighted by Gasteiger charge is -2.14. The number of esters is 1. The van der Waals surface area contributed by atoms with E-state index in [1.807, 2.05) is 0 Å². The van der Waals surface area contributed by atoms with Crippen molar-refractivity contribution in [2.45, 2.75) is 116 Å². The van der Waals surface area contributed by atoms with E-state index in [0.29, 0.717) is 0 Å². The summed E-state index contributed by atoms with van der Waals surface area (Å²) in [7, 11) is 0. The molecule has 0 aliphatic carbocycles. The zero-order valence-corrected chi connectivity index (χ0v) is 16.7. The van der Waals surface area contributed by atoms with Crippen LogP contribution in [0.4, 0.5) is 0 Å². The highest BCUT2D eigenvalue weighted by Crippen LogP contribution is 2.11. The summed E-state index contributed by atoms with van der Waals surface area (Å²) in [5, 5.41) is 28.1. The number of aliphatic hydroxyl groups is 3. The minimum Gasteiger partial charge on any atom is -0.433 e. The third kappa shape index (κ3) is 16.6. The number of hydrogen-bond acceptors (Lipinski definition) is 5. The van der Waals surface area contributed by atoms with Crippen molar-refractivity contribution >= 4 is 5.97 Å². The smallest absolute Gasteiger partial charge is 0.308 e. The van der Waals surface area contributed by atoms with Gasteiger partial charge in [-0.3, -0.25) is 4.79 Å². The van der Waals surface area contributed by atoms with E-state index < -0.39 is 18.4 Å². The van der Waals surface area contributed by atoms with E-state index in [0.717, 1.165) is 57.8 Å². The number of unbranched alkanes of at least 4 members (excludes halogenated alkanes) is 8. The molecule has 0 aliphatic heterocycles. The maximum Gasteiger partial charge on any atom is 0.308 e. The van der Waals surface area contributed by atoms with Crippen LogP contribution in [0.2, 0.25) is 0 Å². The molecule has 154 valence electrons. The van der Waals surface area contributed by atoms with E-state index in [-0.39, 0.29) is 12.5 Å². The lowest BCUT2D eigenvalue weighted by Crippen LogP contribution is -2.28. The Bertz CT molecular complexity index is 354. The van der Waals surface area contributed by atoms with Crippen LogP contribution in [0.1, 0.15) is 97.3 Å². The van der Waals surface area contributed by atoms with Gasteiger partial charge in [0.1, 0.15) is 6.10 Å². The number of carbonyl (C=O) groups is 1. The highest BCUT2D eigenvalue weighted by molar-refractivity contribution is 5.69. The molecule has 0 aliphatic rings. The summed E-state index contributed by atoms with van der Waals surface area (Å²) in [4.78, 5) is 11.4. The first-order valence-corrected chi connectivity index (χ1v) is 10.4. The van der Waals surface area contributed by atoms with Crippen LogP contribution in [0.15, 0.2) is 12.2 Å². The molecule has 0 aromatic heterocycles. The Balaban J connectivity index is 3.41. The quantitative estimate of drug-likeness (QED) is 0.154. The van der Waals surface area contributed by atoms with Crippen molar-refractivity contribution < 1.29 is 24.9 Å². The largest absolute Gasteiger partial charge is 0.433 e. The summed E-state index contributed by atoms with van der Waals surface area (Å²) in [6.07, 6.45) is 14.4. The van der Waals surface area contributed by atoms with Gasteiger partial charge in [-0.05, 0) is 39.0 Å². The fraction of sp³-hybridized carbons (Fsp3) is 0.857. The summed E-state index contributed by atoms with van der Waals surface area (Å²) in [5.41, 5.74) is 0. The van der Waals surface area contributed by atoms with Crippen LogP contribution < -0.4 is 0 Å². The Labute approximate surface area is 159 Å². The van der Waals surface area contributed by atoms with E-state index in [2.05, 4.69) is 23.8 Å². The number of rotatable bonds is 17. The molecule has 0 aromatic rings. The molecule has 0 saturated carbocycles. The Morgan fingerprint density at radius 2 is 1.58 bits per heavy atom. The van der Waals surface area contributed by atoms with Gasteiger partial charge in [0, 0.05) is 6.42 Å². The van der Waals surface area contributed by atoms with Crippen molar-refractivity contribution in [2.75, 3.05) is 0 Å². The van der Waals surface area contributed by atoms with Crippen molar-refractivity contribution in [1.82, 2.24) is 0 Å². The van der Waals surface area contributed by atoms with E-state index >= 15 is 0 Å². The number of aliphatic hydroxyl groups excluding tert-OH is 3.